The van der Waals surface area contributed by atoms with E-state index in [0.717, 1.165) is 12.3 Å². The summed E-state index contributed by atoms with van der Waals surface area (Å²) in [6.45, 7) is 0. The molecule has 16 heavy (non-hydrogen) atoms. The lowest BCUT2D eigenvalue weighted by Gasteiger charge is -2.20. The first-order chi connectivity index (χ1) is 7.65. The Kier molecular flexibility index (Phi) is 2.55. The Labute approximate surface area is 103 Å². The Morgan fingerprint density at radius 1 is 1.06 bits per heavy atom. The predicted octanol–water partition coefficient (Wildman–Crippen LogP) is 3.83. The van der Waals surface area contributed by atoms with Gasteiger partial charge in [0.05, 0.1) is 0 Å². The second kappa shape index (κ2) is 3.81. The van der Waals surface area contributed by atoms with Crippen LogP contribution in [0, 0.1) is 17.7 Å². The highest BCUT2D eigenvalue weighted by Crippen LogP contribution is 2.52. The fraction of sp³-hybridized carbons (Fsp3) is 0.636. The second-order valence-electron chi connectivity index (χ2n) is 4.76. The minimum atomic E-state index is -0.713. The summed E-state index contributed by atoms with van der Waals surface area (Å²) in [4.78, 5) is 8.06. The summed E-state index contributed by atoms with van der Waals surface area (Å²) in [5, 5.41) is -0.310. The van der Waals surface area contributed by atoms with Gasteiger partial charge in [0.2, 0.25) is 0 Å². The largest absolute Gasteiger partial charge is 0.218 e. The standard InChI is InChI=1S/C11H11Cl2FN2/c12-9-8(14)10(13)16-11(15-9)7-4-5-1-2-6(7)3-5/h5-7H,1-4H2. The Hall–Kier alpha value is -0.410. The third kappa shape index (κ3) is 1.61. The number of fused-ring (bicyclic) bond motifs is 2. The monoisotopic (exact) mass is 260 g/mol. The van der Waals surface area contributed by atoms with Gasteiger partial charge in [-0.15, -0.1) is 0 Å². The fourth-order valence-electron chi connectivity index (χ4n) is 3.14. The molecule has 0 N–H and O–H groups in total. The minimum absolute atomic E-state index is 0.155. The molecule has 0 saturated heterocycles. The zero-order valence-electron chi connectivity index (χ0n) is 8.59. The van der Waals surface area contributed by atoms with E-state index >= 15 is 0 Å². The van der Waals surface area contributed by atoms with Crippen LogP contribution < -0.4 is 0 Å². The maximum absolute atomic E-state index is 13.2. The van der Waals surface area contributed by atoms with Crippen molar-refractivity contribution < 1.29 is 4.39 Å². The SMILES string of the molecule is Fc1c(Cl)nc(C2CC3CCC2C3)nc1Cl. The van der Waals surface area contributed by atoms with Gasteiger partial charge in [-0.3, -0.25) is 0 Å². The van der Waals surface area contributed by atoms with Crippen molar-refractivity contribution in [3.8, 4) is 0 Å². The number of nitrogens with zero attached hydrogens (tertiary/aromatic N) is 2. The maximum Gasteiger partial charge on any atom is 0.197 e. The van der Waals surface area contributed by atoms with Gasteiger partial charge >= 0.3 is 0 Å². The van der Waals surface area contributed by atoms with Gasteiger partial charge in [0, 0.05) is 5.92 Å². The zero-order chi connectivity index (χ0) is 11.3. The molecule has 0 radical (unpaired) electrons. The first-order valence-corrected chi connectivity index (χ1v) is 6.29. The molecular weight excluding hydrogens is 250 g/mol. The van der Waals surface area contributed by atoms with Crippen LogP contribution in [0.1, 0.15) is 37.4 Å². The van der Waals surface area contributed by atoms with Crippen molar-refractivity contribution >= 4 is 23.2 Å². The van der Waals surface area contributed by atoms with Crippen molar-refractivity contribution in [2.45, 2.75) is 31.6 Å². The molecule has 2 fully saturated rings. The summed E-state index contributed by atoms with van der Waals surface area (Å²) in [6.07, 6.45) is 4.89. The molecule has 2 aliphatic carbocycles. The smallest absolute Gasteiger partial charge is 0.197 e. The lowest BCUT2D eigenvalue weighted by atomic mass is 9.88. The molecule has 1 aromatic rings. The zero-order valence-corrected chi connectivity index (χ0v) is 10.1. The third-order valence-electron chi connectivity index (χ3n) is 3.86. The molecule has 5 heteroatoms. The van der Waals surface area contributed by atoms with Crippen LogP contribution in [-0.2, 0) is 0 Å². The molecule has 0 aromatic carbocycles. The van der Waals surface area contributed by atoms with Crippen molar-refractivity contribution in [1.29, 1.82) is 0 Å². The van der Waals surface area contributed by atoms with E-state index < -0.39 is 5.82 Å². The van der Waals surface area contributed by atoms with Gasteiger partial charge in [-0.2, -0.15) is 0 Å². The number of rotatable bonds is 1. The van der Waals surface area contributed by atoms with Gasteiger partial charge in [0.1, 0.15) is 5.82 Å². The molecule has 0 amide bonds. The predicted molar refractivity (Wildman–Crippen MR) is 60.2 cm³/mol. The molecule has 3 atom stereocenters. The maximum atomic E-state index is 13.2. The van der Waals surface area contributed by atoms with E-state index in [0.29, 0.717) is 17.7 Å². The topological polar surface area (TPSA) is 25.8 Å². The second-order valence-corrected chi connectivity index (χ2v) is 5.47. The molecule has 2 saturated carbocycles. The molecule has 2 aliphatic rings. The van der Waals surface area contributed by atoms with Crippen LogP contribution in [0.15, 0.2) is 0 Å². The summed E-state index contributed by atoms with van der Waals surface area (Å²) >= 11 is 11.4. The molecule has 1 heterocycles. The van der Waals surface area contributed by atoms with Crippen molar-refractivity contribution in [3.63, 3.8) is 0 Å². The van der Waals surface area contributed by atoms with Crippen LogP contribution in [0.5, 0.6) is 0 Å². The normalized spacial score (nSPS) is 32.3. The number of halogens is 3. The lowest BCUT2D eigenvalue weighted by Crippen LogP contribution is -2.13. The van der Waals surface area contributed by atoms with E-state index in [1.165, 1.54) is 19.3 Å². The van der Waals surface area contributed by atoms with Gasteiger partial charge in [-0.25, -0.2) is 14.4 Å². The van der Waals surface area contributed by atoms with Crippen LogP contribution in [0.2, 0.25) is 10.3 Å². The average Bonchev–Trinajstić information content (AvgIpc) is 2.86. The highest BCUT2D eigenvalue weighted by Gasteiger charge is 2.41. The van der Waals surface area contributed by atoms with E-state index in [1.807, 2.05) is 0 Å². The Morgan fingerprint density at radius 3 is 2.25 bits per heavy atom. The molecule has 3 rings (SSSR count). The van der Waals surface area contributed by atoms with Gasteiger partial charge in [0.15, 0.2) is 16.1 Å². The molecule has 1 aromatic heterocycles. The quantitative estimate of drug-likeness (QED) is 0.718. The molecule has 86 valence electrons. The third-order valence-corrected chi connectivity index (χ3v) is 4.36. The molecular formula is C11H11Cl2FN2. The Bertz CT molecular complexity index is 415. The Balaban J connectivity index is 1.95. The van der Waals surface area contributed by atoms with Gasteiger partial charge in [-0.05, 0) is 31.1 Å². The molecule has 0 spiro atoms. The average molecular weight is 261 g/mol. The van der Waals surface area contributed by atoms with E-state index in [1.54, 1.807) is 0 Å². The van der Waals surface area contributed by atoms with Crippen LogP contribution in [0.3, 0.4) is 0 Å². The highest BCUT2D eigenvalue weighted by molar-refractivity contribution is 6.33. The minimum Gasteiger partial charge on any atom is -0.218 e. The van der Waals surface area contributed by atoms with Gasteiger partial charge in [0.25, 0.3) is 0 Å². The summed E-state index contributed by atoms with van der Waals surface area (Å²) in [7, 11) is 0. The first-order valence-electron chi connectivity index (χ1n) is 5.53. The number of aromatic nitrogens is 2. The van der Waals surface area contributed by atoms with E-state index in [2.05, 4.69) is 9.97 Å². The van der Waals surface area contributed by atoms with Crippen LogP contribution in [0.4, 0.5) is 4.39 Å². The molecule has 2 nitrogen and oxygen atoms in total. The highest BCUT2D eigenvalue weighted by atomic mass is 35.5. The molecule has 0 aliphatic heterocycles. The summed E-state index contributed by atoms with van der Waals surface area (Å²) in [6, 6.07) is 0. The van der Waals surface area contributed by atoms with Crippen molar-refractivity contribution in [1.82, 2.24) is 9.97 Å². The van der Waals surface area contributed by atoms with Crippen molar-refractivity contribution in [2.75, 3.05) is 0 Å². The molecule has 2 bridgehead atoms. The number of hydrogen-bond donors (Lipinski definition) is 0. The molecule has 3 unspecified atom stereocenters. The Morgan fingerprint density at radius 2 is 1.75 bits per heavy atom. The van der Waals surface area contributed by atoms with Crippen molar-refractivity contribution in [2.24, 2.45) is 11.8 Å². The fourth-order valence-corrected chi connectivity index (χ4v) is 3.54. The summed E-state index contributed by atoms with van der Waals surface area (Å²) in [5.41, 5.74) is 0. The van der Waals surface area contributed by atoms with Crippen molar-refractivity contribution in [3.05, 3.63) is 21.9 Å². The van der Waals surface area contributed by atoms with Crippen LogP contribution in [-0.4, -0.2) is 9.97 Å². The van der Waals surface area contributed by atoms with Crippen LogP contribution >= 0.6 is 23.2 Å². The lowest BCUT2D eigenvalue weighted by molar-refractivity contribution is 0.403. The van der Waals surface area contributed by atoms with E-state index in [4.69, 9.17) is 23.2 Å². The van der Waals surface area contributed by atoms with Crippen LogP contribution in [0.25, 0.3) is 0 Å². The first kappa shape index (κ1) is 10.7. The van der Waals surface area contributed by atoms with E-state index in [9.17, 15) is 4.39 Å². The summed E-state index contributed by atoms with van der Waals surface area (Å²) in [5.74, 6) is 1.68. The van der Waals surface area contributed by atoms with Gasteiger partial charge < -0.3 is 0 Å². The van der Waals surface area contributed by atoms with Gasteiger partial charge in [-0.1, -0.05) is 29.6 Å². The number of hydrogen-bond acceptors (Lipinski definition) is 2. The van der Waals surface area contributed by atoms with E-state index in [-0.39, 0.29) is 10.3 Å². The summed E-state index contributed by atoms with van der Waals surface area (Å²) < 4.78 is 13.2.